The Morgan fingerprint density at radius 1 is 1.43 bits per heavy atom. The second-order valence-corrected chi connectivity index (χ2v) is 7.13. The van der Waals surface area contributed by atoms with Crippen LogP contribution in [0.4, 0.5) is 0 Å². The summed E-state index contributed by atoms with van der Waals surface area (Å²) >= 11 is 0. The summed E-state index contributed by atoms with van der Waals surface area (Å²) in [6.07, 6.45) is 1.72. The van der Waals surface area contributed by atoms with Gasteiger partial charge >= 0.3 is 5.97 Å². The molecule has 1 aliphatic carbocycles. The number of hydrogen-bond donors (Lipinski definition) is 2. The second-order valence-electron chi connectivity index (χ2n) is 7.13. The van der Waals surface area contributed by atoms with Crippen LogP contribution in [0.5, 0.6) is 11.5 Å². The number of esters is 1. The first-order chi connectivity index (χ1) is 13.3. The summed E-state index contributed by atoms with van der Waals surface area (Å²) in [6, 6.07) is 5.18. The average Bonchev–Trinajstić information content (AvgIpc) is 3.03. The Bertz CT molecular complexity index is 832. The zero-order valence-corrected chi connectivity index (χ0v) is 16.1. The fraction of sp³-hybridized carbons (Fsp3) is 0.450. The molecule has 0 radical (unpaired) electrons. The van der Waals surface area contributed by atoms with Crippen molar-refractivity contribution in [3.63, 3.8) is 0 Å². The average molecular weight is 388 g/mol. The van der Waals surface area contributed by atoms with E-state index in [0.717, 1.165) is 0 Å². The molecule has 0 spiro atoms. The van der Waals surface area contributed by atoms with E-state index in [1.165, 1.54) is 14.2 Å². The Balaban J connectivity index is 2.11. The van der Waals surface area contributed by atoms with E-state index in [-0.39, 0.29) is 12.3 Å². The maximum absolute atomic E-state index is 12.6. The van der Waals surface area contributed by atoms with Gasteiger partial charge in [-0.3, -0.25) is 9.59 Å². The molecule has 150 valence electrons. The van der Waals surface area contributed by atoms with Gasteiger partial charge in [0.15, 0.2) is 11.5 Å². The van der Waals surface area contributed by atoms with Gasteiger partial charge in [-0.05, 0) is 24.6 Å². The largest absolute Gasteiger partial charge is 0.493 e. The van der Waals surface area contributed by atoms with Crippen LogP contribution in [0.1, 0.15) is 24.8 Å². The predicted octanol–water partition coefficient (Wildman–Crippen LogP) is 1.39. The first-order valence-corrected chi connectivity index (χ1v) is 8.92. The van der Waals surface area contributed by atoms with Crippen molar-refractivity contribution in [2.45, 2.75) is 24.9 Å². The number of hydrazone groups is 1. The molecule has 4 unspecified atom stereocenters. The van der Waals surface area contributed by atoms with Crippen molar-refractivity contribution in [2.24, 2.45) is 16.9 Å². The van der Waals surface area contributed by atoms with Gasteiger partial charge in [-0.2, -0.15) is 5.10 Å². The Morgan fingerprint density at radius 3 is 2.82 bits per heavy atom. The lowest BCUT2D eigenvalue weighted by Crippen LogP contribution is -2.54. The highest BCUT2D eigenvalue weighted by Crippen LogP contribution is 2.48. The molecular weight excluding hydrogens is 364 g/mol. The van der Waals surface area contributed by atoms with E-state index in [0.29, 0.717) is 29.4 Å². The van der Waals surface area contributed by atoms with E-state index in [4.69, 9.17) is 14.2 Å². The van der Waals surface area contributed by atoms with E-state index >= 15 is 0 Å². The molecule has 2 aliphatic rings. The minimum absolute atomic E-state index is 0.102. The van der Waals surface area contributed by atoms with Crippen LogP contribution >= 0.6 is 0 Å². The van der Waals surface area contributed by atoms with Crippen molar-refractivity contribution in [1.29, 1.82) is 0 Å². The number of methoxy groups -OCH3 is 2. The van der Waals surface area contributed by atoms with Crippen molar-refractivity contribution in [1.82, 2.24) is 5.43 Å². The summed E-state index contributed by atoms with van der Waals surface area (Å²) in [4.78, 5) is 25.1. The molecule has 0 saturated heterocycles. The molecular formula is C20H24N2O6. The smallest absolute Gasteiger partial charge is 0.312 e. The highest BCUT2D eigenvalue weighted by atomic mass is 16.5. The van der Waals surface area contributed by atoms with E-state index in [1.54, 1.807) is 31.2 Å². The second kappa shape index (κ2) is 7.63. The molecule has 1 fully saturated rings. The third-order valence-electron chi connectivity index (χ3n) is 5.26. The molecule has 0 bridgehead atoms. The Hall–Kier alpha value is -2.87. The van der Waals surface area contributed by atoms with Crippen LogP contribution in [0.15, 0.2) is 36.0 Å². The number of carbonyl (C=O) groups excluding carboxylic acids is 2. The number of benzene rings is 1. The van der Waals surface area contributed by atoms with Crippen LogP contribution in [-0.4, -0.2) is 49.1 Å². The van der Waals surface area contributed by atoms with E-state index in [1.807, 2.05) is 0 Å². The zero-order chi connectivity index (χ0) is 20.5. The van der Waals surface area contributed by atoms with Crippen LogP contribution in [-0.2, 0) is 14.3 Å². The molecule has 8 nitrogen and oxygen atoms in total. The SMILES string of the molecule is C=CCOc1ccc(C2C3C(=O)NN=C3CC(C)(O)C2C(=O)OC)cc1OC. The molecule has 2 N–H and O–H groups in total. The lowest BCUT2D eigenvalue weighted by molar-refractivity contribution is -0.158. The van der Waals surface area contributed by atoms with Gasteiger partial charge in [-0.15, -0.1) is 0 Å². The lowest BCUT2D eigenvalue weighted by Gasteiger charge is -2.43. The van der Waals surface area contributed by atoms with Crippen LogP contribution in [0, 0.1) is 11.8 Å². The number of fused-ring (bicyclic) bond motifs is 1. The quantitative estimate of drug-likeness (QED) is 0.563. The third-order valence-corrected chi connectivity index (χ3v) is 5.26. The van der Waals surface area contributed by atoms with Crippen molar-refractivity contribution in [3.05, 3.63) is 36.4 Å². The number of ether oxygens (including phenoxy) is 3. The molecule has 1 heterocycles. The monoisotopic (exact) mass is 388 g/mol. The molecule has 1 aromatic carbocycles. The molecule has 1 saturated carbocycles. The maximum Gasteiger partial charge on any atom is 0.312 e. The molecule has 1 aliphatic heterocycles. The zero-order valence-electron chi connectivity index (χ0n) is 16.1. The van der Waals surface area contributed by atoms with Gasteiger partial charge in [0, 0.05) is 12.3 Å². The van der Waals surface area contributed by atoms with Crippen molar-refractivity contribution in [3.8, 4) is 11.5 Å². The third kappa shape index (κ3) is 3.35. The first-order valence-electron chi connectivity index (χ1n) is 8.92. The Morgan fingerprint density at radius 2 is 2.18 bits per heavy atom. The summed E-state index contributed by atoms with van der Waals surface area (Å²) in [7, 11) is 2.77. The van der Waals surface area contributed by atoms with Crippen LogP contribution in [0.3, 0.4) is 0 Å². The number of hydrogen-bond acceptors (Lipinski definition) is 7. The standard InChI is InChI=1S/C20H24N2O6/c1-5-8-28-13-7-6-11(9-14(13)26-3)15-16-12(21-22-18(16)23)10-20(2,25)17(15)19(24)27-4/h5-7,9,15-17,25H,1,8,10H2,2-4H3,(H,22,23). The lowest BCUT2D eigenvalue weighted by atomic mass is 9.61. The number of aliphatic hydroxyl groups is 1. The normalized spacial score (nSPS) is 28.6. The van der Waals surface area contributed by atoms with Gasteiger partial charge in [0.1, 0.15) is 6.61 Å². The molecule has 3 rings (SSSR count). The van der Waals surface area contributed by atoms with Gasteiger partial charge in [0.05, 0.1) is 37.4 Å². The first kappa shape index (κ1) is 19.9. The molecule has 8 heteroatoms. The minimum Gasteiger partial charge on any atom is -0.493 e. The number of nitrogens with zero attached hydrogens (tertiary/aromatic N) is 1. The van der Waals surface area contributed by atoms with Gasteiger partial charge in [0.2, 0.25) is 5.91 Å². The van der Waals surface area contributed by atoms with E-state index < -0.39 is 29.3 Å². The van der Waals surface area contributed by atoms with Gasteiger partial charge in [-0.1, -0.05) is 18.7 Å². The summed E-state index contributed by atoms with van der Waals surface area (Å²) in [5, 5.41) is 15.1. The topological polar surface area (TPSA) is 106 Å². The van der Waals surface area contributed by atoms with Crippen molar-refractivity contribution in [2.75, 3.05) is 20.8 Å². The molecule has 1 aromatic rings. The summed E-state index contributed by atoms with van der Waals surface area (Å²) in [5.41, 5.74) is 2.20. The predicted molar refractivity (Wildman–Crippen MR) is 101 cm³/mol. The highest BCUT2D eigenvalue weighted by molar-refractivity contribution is 6.10. The van der Waals surface area contributed by atoms with Crippen LogP contribution < -0.4 is 14.9 Å². The molecule has 1 amide bonds. The minimum atomic E-state index is -1.43. The number of carbonyl (C=O) groups is 2. The molecule has 28 heavy (non-hydrogen) atoms. The van der Waals surface area contributed by atoms with Gasteiger partial charge in [-0.25, -0.2) is 5.43 Å². The van der Waals surface area contributed by atoms with Crippen LogP contribution in [0.25, 0.3) is 0 Å². The Labute approximate surface area is 163 Å². The van der Waals surface area contributed by atoms with Crippen molar-refractivity contribution >= 4 is 17.6 Å². The van der Waals surface area contributed by atoms with Crippen molar-refractivity contribution < 1.29 is 28.9 Å². The molecule has 4 atom stereocenters. The van der Waals surface area contributed by atoms with Crippen LogP contribution in [0.2, 0.25) is 0 Å². The molecule has 0 aromatic heterocycles. The summed E-state index contributed by atoms with van der Waals surface area (Å²) in [6.45, 7) is 5.48. The number of amides is 1. The van der Waals surface area contributed by atoms with E-state index in [9.17, 15) is 14.7 Å². The number of rotatable bonds is 6. The fourth-order valence-corrected chi connectivity index (χ4v) is 4.06. The van der Waals surface area contributed by atoms with E-state index in [2.05, 4.69) is 17.1 Å². The fourth-order valence-electron chi connectivity index (χ4n) is 4.06. The highest BCUT2D eigenvalue weighted by Gasteiger charge is 2.57. The maximum atomic E-state index is 12.6. The Kier molecular flexibility index (Phi) is 5.42. The number of nitrogens with one attached hydrogen (secondary N) is 1. The van der Waals surface area contributed by atoms with Gasteiger partial charge < -0.3 is 19.3 Å². The van der Waals surface area contributed by atoms with Gasteiger partial charge in [0.25, 0.3) is 0 Å². The summed E-state index contributed by atoms with van der Waals surface area (Å²) in [5.74, 6) is -2.23. The summed E-state index contributed by atoms with van der Waals surface area (Å²) < 4.78 is 16.0.